The standard InChI is InChI=1S/C17H22N4O4/c1-23-13-6-5-12(10-15(13)24-2)11-21-17(18)20-8-7-19-16(22)14-4-3-9-25-14/h3-6,9-10H,7-8,11H2,1-2H3,(H,19,22)(H3,18,20,21). The number of ether oxygens (including phenoxy) is 2. The van der Waals surface area contributed by atoms with E-state index in [2.05, 4.69) is 15.6 Å². The highest BCUT2D eigenvalue weighted by Gasteiger charge is 2.07. The summed E-state index contributed by atoms with van der Waals surface area (Å²) in [7, 11) is 3.17. The van der Waals surface area contributed by atoms with E-state index in [0.717, 1.165) is 5.56 Å². The van der Waals surface area contributed by atoms with Crippen LogP contribution in [0.25, 0.3) is 0 Å². The van der Waals surface area contributed by atoms with Crippen LogP contribution in [0, 0.1) is 0 Å². The third-order valence-corrected chi connectivity index (χ3v) is 3.34. The first-order valence-corrected chi connectivity index (χ1v) is 7.70. The molecule has 1 aromatic carbocycles. The molecule has 0 saturated carbocycles. The first kappa shape index (κ1) is 18.2. The Labute approximate surface area is 146 Å². The zero-order valence-corrected chi connectivity index (χ0v) is 14.2. The van der Waals surface area contributed by atoms with Gasteiger partial charge < -0.3 is 30.3 Å². The monoisotopic (exact) mass is 346 g/mol. The van der Waals surface area contributed by atoms with Crippen molar-refractivity contribution >= 4 is 11.9 Å². The second-order valence-electron chi connectivity index (χ2n) is 5.05. The van der Waals surface area contributed by atoms with Gasteiger partial charge in [0.05, 0.1) is 27.0 Å². The van der Waals surface area contributed by atoms with Crippen molar-refractivity contribution in [2.45, 2.75) is 6.54 Å². The van der Waals surface area contributed by atoms with Gasteiger partial charge in [-0.25, -0.2) is 4.99 Å². The van der Waals surface area contributed by atoms with E-state index in [4.69, 9.17) is 19.6 Å². The molecule has 0 aliphatic rings. The molecule has 0 aliphatic heterocycles. The maximum Gasteiger partial charge on any atom is 0.287 e. The predicted octanol–water partition coefficient (Wildman–Crippen LogP) is 1.13. The van der Waals surface area contributed by atoms with E-state index in [1.54, 1.807) is 26.4 Å². The molecule has 4 N–H and O–H groups in total. The summed E-state index contributed by atoms with van der Waals surface area (Å²) in [5, 5.41) is 5.64. The minimum Gasteiger partial charge on any atom is -0.493 e. The Kier molecular flexibility index (Phi) is 6.70. The lowest BCUT2D eigenvalue weighted by Gasteiger charge is -2.09. The van der Waals surface area contributed by atoms with E-state index in [-0.39, 0.29) is 11.7 Å². The fourth-order valence-electron chi connectivity index (χ4n) is 2.07. The number of benzene rings is 1. The fourth-order valence-corrected chi connectivity index (χ4v) is 2.07. The van der Waals surface area contributed by atoms with Crippen LogP contribution < -0.4 is 25.8 Å². The highest BCUT2D eigenvalue weighted by atomic mass is 16.5. The molecule has 0 aliphatic carbocycles. The number of nitrogens with one attached hydrogen (secondary N) is 2. The second-order valence-corrected chi connectivity index (χ2v) is 5.05. The van der Waals surface area contributed by atoms with Crippen molar-refractivity contribution in [3.8, 4) is 11.5 Å². The summed E-state index contributed by atoms with van der Waals surface area (Å²) in [4.78, 5) is 15.9. The predicted molar refractivity (Wildman–Crippen MR) is 93.9 cm³/mol. The summed E-state index contributed by atoms with van der Waals surface area (Å²) in [6.07, 6.45) is 1.45. The van der Waals surface area contributed by atoms with Gasteiger partial charge in [-0.1, -0.05) is 6.07 Å². The highest BCUT2D eigenvalue weighted by Crippen LogP contribution is 2.27. The maximum atomic E-state index is 11.7. The average molecular weight is 346 g/mol. The van der Waals surface area contributed by atoms with Gasteiger partial charge in [0.25, 0.3) is 5.91 Å². The number of methoxy groups -OCH3 is 2. The normalized spacial score (nSPS) is 11.0. The Hall–Kier alpha value is -3.16. The van der Waals surface area contributed by atoms with Crippen molar-refractivity contribution in [2.75, 3.05) is 27.3 Å². The van der Waals surface area contributed by atoms with Gasteiger partial charge in [0, 0.05) is 13.1 Å². The van der Waals surface area contributed by atoms with Crippen molar-refractivity contribution < 1.29 is 18.7 Å². The number of amides is 1. The van der Waals surface area contributed by atoms with E-state index in [1.807, 2.05) is 18.2 Å². The van der Waals surface area contributed by atoms with Crippen LogP contribution in [-0.4, -0.2) is 39.2 Å². The Balaban J connectivity index is 1.75. The molecule has 0 radical (unpaired) electrons. The smallest absolute Gasteiger partial charge is 0.287 e. The van der Waals surface area contributed by atoms with Gasteiger partial charge in [-0.05, 0) is 29.8 Å². The number of rotatable bonds is 8. The molecule has 0 bridgehead atoms. The molecule has 0 spiro atoms. The Bertz CT molecular complexity index is 713. The van der Waals surface area contributed by atoms with Crippen molar-refractivity contribution in [2.24, 2.45) is 10.7 Å². The van der Waals surface area contributed by atoms with Crippen molar-refractivity contribution in [3.05, 3.63) is 47.9 Å². The quantitative estimate of drug-likeness (QED) is 0.375. The molecule has 1 aromatic heterocycles. The van der Waals surface area contributed by atoms with Crippen LogP contribution in [0.5, 0.6) is 11.5 Å². The van der Waals surface area contributed by atoms with E-state index in [1.165, 1.54) is 6.26 Å². The molecule has 0 saturated heterocycles. The summed E-state index contributed by atoms with van der Waals surface area (Å²) in [5.41, 5.74) is 6.75. The Morgan fingerprint density at radius 1 is 1.16 bits per heavy atom. The molecule has 0 atom stereocenters. The van der Waals surface area contributed by atoms with Gasteiger partial charge in [-0.15, -0.1) is 0 Å². The number of guanidine groups is 1. The van der Waals surface area contributed by atoms with E-state index < -0.39 is 0 Å². The second kappa shape index (κ2) is 9.21. The number of nitrogens with zero attached hydrogens (tertiary/aromatic N) is 1. The van der Waals surface area contributed by atoms with Gasteiger partial charge >= 0.3 is 0 Å². The van der Waals surface area contributed by atoms with Crippen LogP contribution in [-0.2, 0) is 6.54 Å². The number of carbonyl (C=O) groups excluding carboxylic acids is 1. The summed E-state index contributed by atoms with van der Waals surface area (Å²) in [6.45, 7) is 1.25. The topological polar surface area (TPSA) is 111 Å². The molecular weight excluding hydrogens is 324 g/mol. The summed E-state index contributed by atoms with van der Waals surface area (Å²) < 4.78 is 15.4. The lowest BCUT2D eigenvalue weighted by Crippen LogP contribution is -2.38. The van der Waals surface area contributed by atoms with Gasteiger partial charge in [0.15, 0.2) is 23.2 Å². The third-order valence-electron chi connectivity index (χ3n) is 3.34. The molecule has 0 fully saturated rings. The largest absolute Gasteiger partial charge is 0.493 e. The lowest BCUT2D eigenvalue weighted by atomic mass is 10.2. The van der Waals surface area contributed by atoms with Gasteiger partial charge in [-0.2, -0.15) is 0 Å². The number of furan rings is 1. The molecule has 2 aromatic rings. The first-order valence-electron chi connectivity index (χ1n) is 7.70. The van der Waals surface area contributed by atoms with Crippen LogP contribution >= 0.6 is 0 Å². The third kappa shape index (κ3) is 5.45. The summed E-state index contributed by atoms with van der Waals surface area (Å²) >= 11 is 0. The minimum atomic E-state index is -0.271. The number of hydrogen-bond acceptors (Lipinski definition) is 5. The zero-order valence-electron chi connectivity index (χ0n) is 14.2. The number of carbonyl (C=O) groups is 1. The van der Waals surface area contributed by atoms with Crippen molar-refractivity contribution in [1.82, 2.24) is 10.6 Å². The van der Waals surface area contributed by atoms with Gasteiger partial charge in [0.1, 0.15) is 0 Å². The fraction of sp³-hybridized carbons (Fsp3) is 0.294. The van der Waals surface area contributed by atoms with E-state index in [9.17, 15) is 4.79 Å². The van der Waals surface area contributed by atoms with E-state index >= 15 is 0 Å². The number of hydrogen-bond donors (Lipinski definition) is 3. The van der Waals surface area contributed by atoms with Crippen molar-refractivity contribution in [1.29, 1.82) is 0 Å². The average Bonchev–Trinajstić information content (AvgIpc) is 3.17. The maximum absolute atomic E-state index is 11.7. The molecular formula is C17H22N4O4. The molecule has 25 heavy (non-hydrogen) atoms. The number of nitrogens with two attached hydrogens (primary N) is 1. The molecule has 1 heterocycles. The summed E-state index contributed by atoms with van der Waals surface area (Å²) in [6, 6.07) is 8.81. The van der Waals surface area contributed by atoms with E-state index in [0.29, 0.717) is 37.1 Å². The van der Waals surface area contributed by atoms with Crippen LogP contribution in [0.3, 0.4) is 0 Å². The zero-order chi connectivity index (χ0) is 18.1. The molecule has 8 nitrogen and oxygen atoms in total. The molecule has 1 amide bonds. The van der Waals surface area contributed by atoms with Crippen LogP contribution in [0.2, 0.25) is 0 Å². The lowest BCUT2D eigenvalue weighted by molar-refractivity contribution is 0.0926. The molecule has 8 heteroatoms. The molecule has 0 unspecified atom stereocenters. The van der Waals surface area contributed by atoms with Crippen LogP contribution in [0.4, 0.5) is 0 Å². The van der Waals surface area contributed by atoms with Gasteiger partial charge in [-0.3, -0.25) is 4.79 Å². The van der Waals surface area contributed by atoms with Crippen LogP contribution in [0.1, 0.15) is 16.1 Å². The SMILES string of the molecule is COc1ccc(CN=C(N)NCCNC(=O)c2ccco2)cc1OC. The summed E-state index contributed by atoms with van der Waals surface area (Å²) in [5.74, 6) is 1.60. The molecule has 134 valence electrons. The Morgan fingerprint density at radius 3 is 2.60 bits per heavy atom. The van der Waals surface area contributed by atoms with Crippen LogP contribution in [0.15, 0.2) is 46.0 Å². The minimum absolute atomic E-state index is 0.271. The van der Waals surface area contributed by atoms with Gasteiger partial charge in [0.2, 0.25) is 0 Å². The number of aliphatic imine (C=N–C) groups is 1. The molecule has 2 rings (SSSR count). The first-order chi connectivity index (χ1) is 12.1. The van der Waals surface area contributed by atoms with Crippen molar-refractivity contribution in [3.63, 3.8) is 0 Å². The Morgan fingerprint density at radius 2 is 1.92 bits per heavy atom. The highest BCUT2D eigenvalue weighted by molar-refractivity contribution is 5.91.